The molecule has 0 bridgehead atoms. The van der Waals surface area contributed by atoms with E-state index in [0.29, 0.717) is 22.8 Å². The number of hydrogen-bond acceptors (Lipinski definition) is 4. The Bertz CT molecular complexity index is 843. The number of benzene rings is 1. The first-order valence-corrected chi connectivity index (χ1v) is 9.39. The molecule has 5 nitrogen and oxygen atoms in total. The molecule has 1 atom stereocenters. The maximum absolute atomic E-state index is 12.5. The molecule has 1 aliphatic rings. The third-order valence-electron chi connectivity index (χ3n) is 4.03. The lowest BCUT2D eigenvalue weighted by Crippen LogP contribution is -2.37. The van der Waals surface area contributed by atoms with Crippen molar-refractivity contribution in [3.05, 3.63) is 47.2 Å². The van der Waals surface area contributed by atoms with Crippen LogP contribution < -0.4 is 0 Å². The first kappa shape index (κ1) is 16.1. The van der Waals surface area contributed by atoms with Crippen LogP contribution in [0.4, 0.5) is 0 Å². The number of furan rings is 1. The van der Waals surface area contributed by atoms with Crippen LogP contribution in [0.5, 0.6) is 0 Å². The monoisotopic (exact) mass is 353 g/mol. The van der Waals surface area contributed by atoms with E-state index in [2.05, 4.69) is 0 Å². The third kappa shape index (κ3) is 3.28. The highest BCUT2D eigenvalue weighted by Crippen LogP contribution is 2.29. The fourth-order valence-electron chi connectivity index (χ4n) is 2.68. The van der Waals surface area contributed by atoms with Gasteiger partial charge < -0.3 is 9.32 Å². The molecular formula is C16H16ClNO4S. The molecule has 3 rings (SSSR count). The first-order chi connectivity index (χ1) is 10.9. The SMILES string of the molecule is CN(C(=O)c1ccc(-c2ccccc2Cl)o1)[C@@H]1CCS(=O)(=O)C1. The van der Waals surface area contributed by atoms with Crippen LogP contribution in [-0.4, -0.2) is 43.8 Å². The van der Waals surface area contributed by atoms with Crippen LogP contribution in [0.3, 0.4) is 0 Å². The summed E-state index contributed by atoms with van der Waals surface area (Å²) in [7, 11) is -1.44. The van der Waals surface area contributed by atoms with Gasteiger partial charge in [0, 0.05) is 18.7 Å². The quantitative estimate of drug-likeness (QED) is 0.850. The van der Waals surface area contributed by atoms with Crippen LogP contribution in [-0.2, 0) is 9.84 Å². The number of rotatable bonds is 3. The molecule has 2 heterocycles. The molecule has 23 heavy (non-hydrogen) atoms. The largest absolute Gasteiger partial charge is 0.451 e. The zero-order chi connectivity index (χ0) is 16.6. The molecule has 1 fully saturated rings. The number of carbonyl (C=O) groups excluding carboxylic acids is 1. The van der Waals surface area contributed by atoms with Crippen LogP contribution in [0.2, 0.25) is 5.02 Å². The molecule has 0 radical (unpaired) electrons. The molecule has 0 unspecified atom stereocenters. The second-order valence-corrected chi connectivity index (χ2v) is 8.25. The van der Waals surface area contributed by atoms with Gasteiger partial charge >= 0.3 is 0 Å². The molecule has 0 spiro atoms. The Morgan fingerprint density at radius 2 is 2.00 bits per heavy atom. The maximum atomic E-state index is 12.5. The van der Waals surface area contributed by atoms with E-state index in [1.807, 2.05) is 18.2 Å². The molecule has 1 aromatic heterocycles. The Morgan fingerprint density at radius 1 is 1.26 bits per heavy atom. The molecule has 7 heteroatoms. The van der Waals surface area contributed by atoms with Gasteiger partial charge in [-0.1, -0.05) is 23.7 Å². The lowest BCUT2D eigenvalue weighted by Gasteiger charge is -2.22. The third-order valence-corrected chi connectivity index (χ3v) is 6.11. The van der Waals surface area contributed by atoms with Gasteiger partial charge in [-0.25, -0.2) is 8.42 Å². The number of amides is 1. The van der Waals surface area contributed by atoms with Gasteiger partial charge in [0.05, 0.1) is 16.5 Å². The standard InChI is InChI=1S/C16H16ClNO4S/c1-18(11-8-9-23(20,21)10-11)16(19)15-7-6-14(22-15)12-4-2-3-5-13(12)17/h2-7,11H,8-10H2,1H3/t11-/m1/s1. The average molecular weight is 354 g/mol. The van der Waals surface area contributed by atoms with Crippen LogP contribution in [0.25, 0.3) is 11.3 Å². The average Bonchev–Trinajstić information content (AvgIpc) is 3.13. The first-order valence-electron chi connectivity index (χ1n) is 7.20. The van der Waals surface area contributed by atoms with Gasteiger partial charge in [0.25, 0.3) is 5.91 Å². The summed E-state index contributed by atoms with van der Waals surface area (Å²) in [6.45, 7) is 0. The smallest absolute Gasteiger partial charge is 0.289 e. The summed E-state index contributed by atoms with van der Waals surface area (Å²) in [6.07, 6.45) is 0.461. The highest BCUT2D eigenvalue weighted by Gasteiger charge is 2.33. The highest BCUT2D eigenvalue weighted by molar-refractivity contribution is 7.91. The van der Waals surface area contributed by atoms with E-state index in [-0.39, 0.29) is 29.2 Å². The Kier molecular flexibility index (Phi) is 4.21. The minimum atomic E-state index is -3.04. The molecule has 1 aromatic carbocycles. The van der Waals surface area contributed by atoms with E-state index in [0.717, 1.165) is 0 Å². The van der Waals surface area contributed by atoms with Crippen molar-refractivity contribution in [2.24, 2.45) is 0 Å². The van der Waals surface area contributed by atoms with Crippen molar-refractivity contribution in [2.45, 2.75) is 12.5 Å². The molecular weight excluding hydrogens is 338 g/mol. The van der Waals surface area contributed by atoms with E-state index in [1.165, 1.54) is 4.90 Å². The number of hydrogen-bond donors (Lipinski definition) is 0. The summed E-state index contributed by atoms with van der Waals surface area (Å²) in [6, 6.07) is 10.2. The number of sulfone groups is 1. The Balaban J connectivity index is 1.80. The molecule has 1 amide bonds. The van der Waals surface area contributed by atoms with Crippen molar-refractivity contribution in [3.63, 3.8) is 0 Å². The van der Waals surface area contributed by atoms with Crippen molar-refractivity contribution in [1.82, 2.24) is 4.90 Å². The Hall–Kier alpha value is -1.79. The summed E-state index contributed by atoms with van der Waals surface area (Å²) in [5.74, 6) is 0.481. The summed E-state index contributed by atoms with van der Waals surface area (Å²) in [5, 5.41) is 0.538. The van der Waals surface area contributed by atoms with Gasteiger partial charge in [0.1, 0.15) is 5.76 Å². The predicted octanol–water partition coefficient (Wildman–Crippen LogP) is 2.86. The van der Waals surface area contributed by atoms with Crippen molar-refractivity contribution in [1.29, 1.82) is 0 Å². The fourth-order valence-corrected chi connectivity index (χ4v) is 4.68. The maximum Gasteiger partial charge on any atom is 0.289 e. The van der Waals surface area contributed by atoms with Crippen molar-refractivity contribution in [3.8, 4) is 11.3 Å². The number of carbonyl (C=O) groups is 1. The van der Waals surface area contributed by atoms with Crippen molar-refractivity contribution < 1.29 is 17.6 Å². The van der Waals surface area contributed by atoms with Crippen LogP contribution >= 0.6 is 11.6 Å². The minimum absolute atomic E-state index is 0.00726. The van der Waals surface area contributed by atoms with E-state index < -0.39 is 9.84 Å². The molecule has 0 N–H and O–H groups in total. The summed E-state index contributed by atoms with van der Waals surface area (Å²) in [4.78, 5) is 13.9. The second kappa shape index (κ2) is 6.02. The molecule has 0 saturated carbocycles. The molecule has 1 aliphatic heterocycles. The zero-order valence-electron chi connectivity index (χ0n) is 12.5. The molecule has 122 valence electrons. The topological polar surface area (TPSA) is 67.6 Å². The van der Waals surface area contributed by atoms with Crippen LogP contribution in [0.1, 0.15) is 17.0 Å². The minimum Gasteiger partial charge on any atom is -0.451 e. The van der Waals surface area contributed by atoms with Gasteiger partial charge in [0.2, 0.25) is 0 Å². The Labute approximate surface area is 139 Å². The van der Waals surface area contributed by atoms with Crippen LogP contribution in [0, 0.1) is 0 Å². The normalized spacial score (nSPS) is 19.7. The van der Waals surface area contributed by atoms with Gasteiger partial charge in [0.15, 0.2) is 15.6 Å². The summed E-state index contributed by atoms with van der Waals surface area (Å²) in [5.41, 5.74) is 0.708. The van der Waals surface area contributed by atoms with Gasteiger partial charge in [-0.15, -0.1) is 0 Å². The van der Waals surface area contributed by atoms with Gasteiger partial charge in [-0.2, -0.15) is 0 Å². The lowest BCUT2D eigenvalue weighted by molar-refractivity contribution is 0.0716. The number of halogens is 1. The van der Waals surface area contributed by atoms with E-state index in [4.69, 9.17) is 16.0 Å². The van der Waals surface area contributed by atoms with Crippen molar-refractivity contribution in [2.75, 3.05) is 18.6 Å². The highest BCUT2D eigenvalue weighted by atomic mass is 35.5. The lowest BCUT2D eigenvalue weighted by atomic mass is 10.2. The van der Waals surface area contributed by atoms with Crippen molar-refractivity contribution >= 4 is 27.3 Å². The molecule has 2 aromatic rings. The number of nitrogens with zero attached hydrogens (tertiary/aromatic N) is 1. The second-order valence-electron chi connectivity index (χ2n) is 5.62. The fraction of sp³-hybridized carbons (Fsp3) is 0.312. The summed E-state index contributed by atoms with van der Waals surface area (Å²) < 4.78 is 28.7. The summed E-state index contributed by atoms with van der Waals surface area (Å²) >= 11 is 6.12. The van der Waals surface area contributed by atoms with E-state index >= 15 is 0 Å². The van der Waals surface area contributed by atoms with E-state index in [1.54, 1.807) is 25.2 Å². The van der Waals surface area contributed by atoms with Crippen LogP contribution in [0.15, 0.2) is 40.8 Å². The zero-order valence-corrected chi connectivity index (χ0v) is 14.1. The molecule has 1 saturated heterocycles. The molecule has 0 aliphatic carbocycles. The van der Waals surface area contributed by atoms with Gasteiger partial charge in [-0.3, -0.25) is 4.79 Å². The predicted molar refractivity (Wildman–Crippen MR) is 88.3 cm³/mol. The Morgan fingerprint density at radius 3 is 2.65 bits per heavy atom. The van der Waals surface area contributed by atoms with Gasteiger partial charge in [-0.05, 0) is 30.7 Å². The van der Waals surface area contributed by atoms with E-state index in [9.17, 15) is 13.2 Å².